The second-order valence-electron chi connectivity index (χ2n) is 9.43. The number of nitrogens with zero attached hydrogens (tertiary/aromatic N) is 7. The van der Waals surface area contributed by atoms with Crippen LogP contribution in [0.1, 0.15) is 28.9 Å². The number of H-pyrrole nitrogens is 1. The maximum atomic E-state index is 13.1. The molecule has 1 saturated heterocycles. The van der Waals surface area contributed by atoms with Crippen molar-refractivity contribution in [3.05, 3.63) is 48.0 Å². The molecule has 2 aliphatic rings. The van der Waals surface area contributed by atoms with Crippen LogP contribution in [0.2, 0.25) is 0 Å². The number of pyridine rings is 2. The van der Waals surface area contributed by atoms with Crippen LogP contribution in [0, 0.1) is 12.3 Å². The van der Waals surface area contributed by atoms with Crippen LogP contribution in [0.25, 0.3) is 16.9 Å². The summed E-state index contributed by atoms with van der Waals surface area (Å²) in [4.78, 5) is 19.5. The summed E-state index contributed by atoms with van der Waals surface area (Å²) in [6, 6.07) is 5.45. The fraction of sp³-hybridized carbons (Fsp3) is 0.364. The molecule has 4 aromatic heterocycles. The first-order valence-electron chi connectivity index (χ1n) is 11.0. The van der Waals surface area contributed by atoms with Gasteiger partial charge in [0.1, 0.15) is 5.60 Å². The molecule has 3 N–H and O–H groups in total. The molecule has 1 saturated carbocycles. The van der Waals surface area contributed by atoms with Crippen molar-refractivity contribution in [2.45, 2.75) is 31.8 Å². The number of carbonyl (C=O) groups excluding carboxylic acids is 1. The summed E-state index contributed by atoms with van der Waals surface area (Å²) in [5, 5.41) is 30.9. The van der Waals surface area contributed by atoms with Gasteiger partial charge in [-0.15, -0.1) is 10.2 Å². The standard InChI is InChI=1S/C22H21F2N9O2/c1-12-16(4-13(6-25-12)18-28-30-31-29-18)27-19(34)15-7-26-33-3-2-14(5-17(15)33)32-10-21(11-32)8-22(35,9-21)20(23)24/h2-7,20,35H,8-11H2,1H3,(H,27,34)(H,28,29,30,31). The number of fused-ring (bicyclic) bond motifs is 1. The first-order valence-corrected chi connectivity index (χ1v) is 11.0. The average Bonchev–Trinajstić information content (AvgIpc) is 3.46. The fourth-order valence-corrected chi connectivity index (χ4v) is 5.17. The Morgan fingerprint density at radius 2 is 2.06 bits per heavy atom. The summed E-state index contributed by atoms with van der Waals surface area (Å²) in [6.07, 6.45) is 2.33. The number of carbonyl (C=O) groups is 1. The predicted molar refractivity (Wildman–Crippen MR) is 120 cm³/mol. The Kier molecular flexibility index (Phi) is 4.61. The van der Waals surface area contributed by atoms with Gasteiger partial charge in [0.05, 0.1) is 28.7 Å². The van der Waals surface area contributed by atoms with Crippen molar-refractivity contribution in [2.75, 3.05) is 23.3 Å². The molecule has 5 heterocycles. The maximum Gasteiger partial charge on any atom is 0.266 e. The molecule has 4 aromatic rings. The molecule has 180 valence electrons. The Balaban J connectivity index is 1.21. The Labute approximate surface area is 197 Å². The van der Waals surface area contributed by atoms with E-state index in [-0.39, 0.29) is 24.2 Å². The molecule has 1 amide bonds. The second kappa shape index (κ2) is 7.50. The lowest BCUT2D eigenvalue weighted by Crippen LogP contribution is -2.70. The molecule has 1 aliphatic heterocycles. The lowest BCUT2D eigenvalue weighted by atomic mass is 9.55. The quantitative estimate of drug-likeness (QED) is 0.394. The number of aliphatic hydroxyl groups is 1. The van der Waals surface area contributed by atoms with E-state index in [0.29, 0.717) is 46.9 Å². The summed E-state index contributed by atoms with van der Waals surface area (Å²) in [5.41, 5.74) is 1.45. The third-order valence-corrected chi connectivity index (χ3v) is 6.87. The number of tetrazole rings is 1. The monoisotopic (exact) mass is 481 g/mol. The molecule has 0 atom stereocenters. The van der Waals surface area contributed by atoms with Crippen molar-refractivity contribution in [2.24, 2.45) is 5.41 Å². The predicted octanol–water partition coefficient (Wildman–Crippen LogP) is 2.07. The molecule has 2 fully saturated rings. The third kappa shape index (κ3) is 3.50. The number of aromatic nitrogens is 7. The molecule has 0 unspecified atom stereocenters. The van der Waals surface area contributed by atoms with Crippen molar-refractivity contribution in [3.8, 4) is 11.4 Å². The first kappa shape index (κ1) is 21.5. The summed E-state index contributed by atoms with van der Waals surface area (Å²) >= 11 is 0. The lowest BCUT2D eigenvalue weighted by Gasteiger charge is -2.62. The van der Waals surface area contributed by atoms with Gasteiger partial charge in [0.15, 0.2) is 0 Å². The maximum absolute atomic E-state index is 13.1. The molecule has 0 aromatic carbocycles. The van der Waals surface area contributed by atoms with Crippen LogP contribution >= 0.6 is 0 Å². The number of nitrogens with one attached hydrogen (secondary N) is 2. The van der Waals surface area contributed by atoms with E-state index in [1.54, 1.807) is 29.9 Å². The number of halogens is 2. The minimum atomic E-state index is -2.72. The Bertz CT molecular complexity index is 1420. The van der Waals surface area contributed by atoms with Crippen LogP contribution in [0.15, 0.2) is 36.8 Å². The van der Waals surface area contributed by atoms with Crippen LogP contribution in [0.3, 0.4) is 0 Å². The highest BCUT2D eigenvalue weighted by atomic mass is 19.3. The minimum absolute atomic E-state index is 0.104. The number of anilines is 2. The third-order valence-electron chi connectivity index (χ3n) is 6.87. The number of alkyl halides is 2. The van der Waals surface area contributed by atoms with Gasteiger partial charge in [-0.2, -0.15) is 10.3 Å². The van der Waals surface area contributed by atoms with Gasteiger partial charge < -0.3 is 15.3 Å². The van der Waals surface area contributed by atoms with Gasteiger partial charge in [-0.05, 0) is 43.2 Å². The van der Waals surface area contributed by atoms with Gasteiger partial charge in [0, 0.05) is 42.1 Å². The van der Waals surface area contributed by atoms with Gasteiger partial charge in [-0.25, -0.2) is 13.3 Å². The lowest BCUT2D eigenvalue weighted by molar-refractivity contribution is -0.209. The van der Waals surface area contributed by atoms with E-state index in [1.165, 1.54) is 6.20 Å². The highest BCUT2D eigenvalue weighted by molar-refractivity contribution is 6.09. The molecule has 1 spiro atoms. The van der Waals surface area contributed by atoms with Crippen LogP contribution in [0.5, 0.6) is 0 Å². The van der Waals surface area contributed by atoms with Gasteiger partial charge in [0.25, 0.3) is 12.3 Å². The molecule has 1 aliphatic carbocycles. The molecule has 35 heavy (non-hydrogen) atoms. The van der Waals surface area contributed by atoms with E-state index < -0.39 is 12.0 Å². The van der Waals surface area contributed by atoms with Crippen LogP contribution < -0.4 is 10.2 Å². The number of rotatable bonds is 5. The highest BCUT2D eigenvalue weighted by Crippen LogP contribution is 2.56. The Morgan fingerprint density at radius 1 is 1.26 bits per heavy atom. The smallest absolute Gasteiger partial charge is 0.266 e. The van der Waals surface area contributed by atoms with E-state index in [4.69, 9.17) is 0 Å². The number of aromatic amines is 1. The largest absolute Gasteiger partial charge is 0.384 e. The van der Waals surface area contributed by atoms with E-state index in [1.807, 2.05) is 12.1 Å². The minimum Gasteiger partial charge on any atom is -0.384 e. The summed E-state index contributed by atoms with van der Waals surface area (Å²) < 4.78 is 27.6. The second-order valence-corrected chi connectivity index (χ2v) is 9.43. The zero-order chi connectivity index (χ0) is 24.4. The van der Waals surface area contributed by atoms with Crippen molar-refractivity contribution in [3.63, 3.8) is 0 Å². The summed E-state index contributed by atoms with van der Waals surface area (Å²) in [5.74, 6) is 0.00720. The van der Waals surface area contributed by atoms with Crippen LogP contribution in [0.4, 0.5) is 20.2 Å². The van der Waals surface area contributed by atoms with Gasteiger partial charge in [0.2, 0.25) is 5.82 Å². The van der Waals surface area contributed by atoms with E-state index in [9.17, 15) is 18.7 Å². The molecule has 11 nitrogen and oxygen atoms in total. The Hall–Kier alpha value is -4.00. The van der Waals surface area contributed by atoms with E-state index >= 15 is 0 Å². The number of aryl methyl sites for hydroxylation is 1. The van der Waals surface area contributed by atoms with E-state index in [2.05, 4.69) is 40.9 Å². The molecule has 0 radical (unpaired) electrons. The van der Waals surface area contributed by atoms with Crippen molar-refractivity contribution < 1.29 is 18.7 Å². The molecule has 13 heteroatoms. The van der Waals surface area contributed by atoms with Crippen LogP contribution in [-0.4, -0.2) is 71.4 Å². The van der Waals surface area contributed by atoms with Crippen LogP contribution in [-0.2, 0) is 0 Å². The average molecular weight is 481 g/mol. The molecule has 0 bridgehead atoms. The topological polar surface area (TPSA) is 137 Å². The number of hydrogen-bond acceptors (Lipinski definition) is 8. The molecule has 6 rings (SSSR count). The van der Waals surface area contributed by atoms with E-state index in [0.717, 1.165) is 5.69 Å². The fourth-order valence-electron chi connectivity index (χ4n) is 5.17. The van der Waals surface area contributed by atoms with Gasteiger partial charge >= 0.3 is 0 Å². The highest BCUT2D eigenvalue weighted by Gasteiger charge is 2.63. The SMILES string of the molecule is Cc1ncc(-c2nn[nH]n2)cc1NC(=O)c1cnn2ccc(N3CC4(C3)CC(O)(C(F)F)C4)cc12. The molecular formula is C22H21F2N9O2. The number of hydrogen-bond donors (Lipinski definition) is 3. The van der Waals surface area contributed by atoms with Gasteiger partial charge in [-0.3, -0.25) is 9.78 Å². The number of amides is 1. The zero-order valence-electron chi connectivity index (χ0n) is 18.6. The molecular weight excluding hydrogens is 460 g/mol. The summed E-state index contributed by atoms with van der Waals surface area (Å²) in [7, 11) is 0. The Morgan fingerprint density at radius 3 is 2.77 bits per heavy atom. The zero-order valence-corrected chi connectivity index (χ0v) is 18.6. The van der Waals surface area contributed by atoms with Crippen molar-refractivity contribution >= 4 is 22.8 Å². The van der Waals surface area contributed by atoms with Gasteiger partial charge in [-0.1, -0.05) is 0 Å². The normalized spacial score (nSPS) is 18.0. The first-order chi connectivity index (χ1) is 16.8. The van der Waals surface area contributed by atoms with Crippen molar-refractivity contribution in [1.29, 1.82) is 0 Å². The summed E-state index contributed by atoms with van der Waals surface area (Å²) in [6.45, 7) is 2.95. The van der Waals surface area contributed by atoms with Crippen molar-refractivity contribution in [1.82, 2.24) is 35.2 Å².